The molecule has 0 unspecified atom stereocenters. The minimum absolute atomic E-state index is 0.633. The molecule has 6 heteroatoms. The predicted octanol–water partition coefficient (Wildman–Crippen LogP) is 4.59. The molecule has 0 bridgehead atoms. The van der Waals surface area contributed by atoms with Crippen LogP contribution in [-0.2, 0) is 6.54 Å². The summed E-state index contributed by atoms with van der Waals surface area (Å²) in [6, 6.07) is 13.6. The smallest absolute Gasteiger partial charge is 0.163 e. The molecule has 5 nitrogen and oxygen atoms in total. The van der Waals surface area contributed by atoms with Gasteiger partial charge >= 0.3 is 0 Å². The fourth-order valence-corrected chi connectivity index (χ4v) is 2.91. The highest BCUT2D eigenvalue weighted by atomic mass is 35.5. The molecule has 0 amide bonds. The Kier molecular flexibility index (Phi) is 4.07. The molecule has 2 N–H and O–H groups in total. The van der Waals surface area contributed by atoms with Gasteiger partial charge in [0.25, 0.3) is 0 Å². The van der Waals surface area contributed by atoms with E-state index in [1.54, 1.807) is 12.4 Å². The molecule has 124 valence electrons. The van der Waals surface area contributed by atoms with Gasteiger partial charge in [0.05, 0.1) is 5.39 Å². The van der Waals surface area contributed by atoms with Gasteiger partial charge in [-0.3, -0.25) is 4.98 Å². The standard InChI is InChI=1S/C19H16ClN5/c1-12-9-16-18(22-11-13-5-7-21-8-6-13)24-17(25-19(16)23-12)14-3-2-4-15(20)10-14/h2-10H,11H2,1H3,(H2,22,23,24,25). The second-order valence-electron chi connectivity index (χ2n) is 5.83. The average molecular weight is 350 g/mol. The molecule has 4 aromatic rings. The van der Waals surface area contributed by atoms with E-state index in [0.717, 1.165) is 33.7 Å². The largest absolute Gasteiger partial charge is 0.365 e. The molecule has 0 spiro atoms. The van der Waals surface area contributed by atoms with E-state index in [9.17, 15) is 0 Å². The number of pyridine rings is 1. The van der Waals surface area contributed by atoms with Gasteiger partial charge in [-0.25, -0.2) is 9.97 Å². The van der Waals surface area contributed by atoms with Gasteiger partial charge < -0.3 is 10.3 Å². The van der Waals surface area contributed by atoms with Crippen molar-refractivity contribution in [2.75, 3.05) is 5.32 Å². The van der Waals surface area contributed by atoms with Gasteiger partial charge in [-0.2, -0.15) is 0 Å². The molecule has 0 atom stereocenters. The third-order valence-corrected chi connectivity index (χ3v) is 4.15. The Bertz CT molecular complexity index is 1030. The van der Waals surface area contributed by atoms with Crippen molar-refractivity contribution >= 4 is 28.5 Å². The highest BCUT2D eigenvalue weighted by Crippen LogP contribution is 2.27. The Labute approximate surface area is 150 Å². The zero-order valence-electron chi connectivity index (χ0n) is 13.6. The number of anilines is 1. The lowest BCUT2D eigenvalue weighted by Gasteiger charge is -2.09. The lowest BCUT2D eigenvalue weighted by atomic mass is 10.2. The van der Waals surface area contributed by atoms with E-state index in [0.29, 0.717) is 17.4 Å². The molecule has 3 aromatic heterocycles. The number of hydrogen-bond acceptors (Lipinski definition) is 4. The number of aryl methyl sites for hydroxylation is 1. The highest BCUT2D eigenvalue weighted by Gasteiger charge is 2.12. The van der Waals surface area contributed by atoms with E-state index in [4.69, 9.17) is 16.6 Å². The van der Waals surface area contributed by atoms with Gasteiger partial charge in [0.1, 0.15) is 11.5 Å². The van der Waals surface area contributed by atoms with Crippen molar-refractivity contribution in [1.82, 2.24) is 19.9 Å². The van der Waals surface area contributed by atoms with Crippen LogP contribution in [0.3, 0.4) is 0 Å². The number of fused-ring (bicyclic) bond motifs is 1. The molecule has 0 saturated carbocycles. The molecule has 0 aliphatic heterocycles. The molecule has 3 heterocycles. The van der Waals surface area contributed by atoms with Crippen LogP contribution in [0.4, 0.5) is 5.82 Å². The fraction of sp³-hybridized carbons (Fsp3) is 0.105. The van der Waals surface area contributed by atoms with Gasteiger partial charge in [-0.05, 0) is 42.8 Å². The molecular formula is C19H16ClN5. The molecule has 1 aromatic carbocycles. The molecule has 0 fully saturated rings. The predicted molar refractivity (Wildman–Crippen MR) is 101 cm³/mol. The van der Waals surface area contributed by atoms with Crippen LogP contribution in [0, 0.1) is 6.92 Å². The summed E-state index contributed by atoms with van der Waals surface area (Å²) >= 11 is 6.11. The number of H-pyrrole nitrogens is 1. The lowest BCUT2D eigenvalue weighted by Crippen LogP contribution is -2.04. The first kappa shape index (κ1) is 15.6. The highest BCUT2D eigenvalue weighted by molar-refractivity contribution is 6.30. The summed E-state index contributed by atoms with van der Waals surface area (Å²) < 4.78 is 0. The van der Waals surface area contributed by atoms with Gasteiger partial charge in [-0.15, -0.1) is 0 Å². The van der Waals surface area contributed by atoms with Crippen molar-refractivity contribution in [3.8, 4) is 11.4 Å². The quantitative estimate of drug-likeness (QED) is 0.565. The van der Waals surface area contributed by atoms with Crippen molar-refractivity contribution in [3.63, 3.8) is 0 Å². The number of rotatable bonds is 4. The third kappa shape index (κ3) is 3.32. The Morgan fingerprint density at radius 2 is 1.92 bits per heavy atom. The molecule has 0 aliphatic rings. The monoisotopic (exact) mass is 349 g/mol. The molecular weight excluding hydrogens is 334 g/mol. The van der Waals surface area contributed by atoms with Crippen LogP contribution in [0.15, 0.2) is 54.9 Å². The van der Waals surface area contributed by atoms with Gasteiger partial charge in [0.15, 0.2) is 5.82 Å². The normalized spacial score (nSPS) is 11.0. The molecule has 4 rings (SSSR count). The first-order valence-electron chi connectivity index (χ1n) is 7.95. The molecule has 25 heavy (non-hydrogen) atoms. The Morgan fingerprint density at radius 3 is 2.72 bits per heavy atom. The van der Waals surface area contributed by atoms with Crippen LogP contribution in [0.1, 0.15) is 11.3 Å². The van der Waals surface area contributed by atoms with E-state index in [1.165, 1.54) is 0 Å². The summed E-state index contributed by atoms with van der Waals surface area (Å²) in [4.78, 5) is 16.7. The molecule has 0 saturated heterocycles. The zero-order chi connectivity index (χ0) is 17.2. The van der Waals surface area contributed by atoms with Gasteiger partial charge in [0.2, 0.25) is 0 Å². The van der Waals surface area contributed by atoms with Crippen LogP contribution in [0.2, 0.25) is 5.02 Å². The number of halogens is 1. The van der Waals surface area contributed by atoms with Crippen LogP contribution in [0.5, 0.6) is 0 Å². The number of aromatic amines is 1. The van der Waals surface area contributed by atoms with E-state index in [2.05, 4.69) is 20.3 Å². The topological polar surface area (TPSA) is 66.5 Å². The SMILES string of the molecule is Cc1cc2c(NCc3ccncc3)nc(-c3cccc(Cl)c3)nc2[nH]1. The number of aromatic nitrogens is 4. The number of benzene rings is 1. The fourth-order valence-electron chi connectivity index (χ4n) is 2.72. The van der Waals surface area contributed by atoms with E-state index >= 15 is 0 Å². The average Bonchev–Trinajstić information content (AvgIpc) is 3.01. The van der Waals surface area contributed by atoms with Gasteiger partial charge in [-0.1, -0.05) is 23.7 Å². The second-order valence-corrected chi connectivity index (χ2v) is 6.27. The summed E-state index contributed by atoms with van der Waals surface area (Å²) in [5.74, 6) is 1.43. The second kappa shape index (κ2) is 6.53. The summed E-state index contributed by atoms with van der Waals surface area (Å²) in [5.41, 5.74) is 3.87. The van der Waals surface area contributed by atoms with Crippen LogP contribution >= 0.6 is 11.6 Å². The molecule has 0 aliphatic carbocycles. The maximum atomic E-state index is 6.11. The zero-order valence-corrected chi connectivity index (χ0v) is 14.4. The lowest BCUT2D eigenvalue weighted by molar-refractivity contribution is 1.09. The number of nitrogens with one attached hydrogen (secondary N) is 2. The molecule has 0 radical (unpaired) electrons. The van der Waals surface area contributed by atoms with Crippen LogP contribution in [-0.4, -0.2) is 19.9 Å². The number of hydrogen-bond donors (Lipinski definition) is 2. The summed E-state index contributed by atoms with van der Waals surface area (Å²) in [6.45, 7) is 2.67. The third-order valence-electron chi connectivity index (χ3n) is 3.91. The van der Waals surface area contributed by atoms with E-state index in [-0.39, 0.29) is 0 Å². The van der Waals surface area contributed by atoms with Crippen LogP contribution < -0.4 is 5.32 Å². The van der Waals surface area contributed by atoms with Gasteiger partial charge in [0, 0.05) is 35.2 Å². The van der Waals surface area contributed by atoms with Crippen molar-refractivity contribution in [2.24, 2.45) is 0 Å². The minimum Gasteiger partial charge on any atom is -0.365 e. The first-order chi connectivity index (χ1) is 12.2. The summed E-state index contributed by atoms with van der Waals surface area (Å²) in [7, 11) is 0. The maximum Gasteiger partial charge on any atom is 0.163 e. The Morgan fingerprint density at radius 1 is 1.08 bits per heavy atom. The summed E-state index contributed by atoms with van der Waals surface area (Å²) in [6.07, 6.45) is 3.56. The Hall–Kier alpha value is -2.92. The van der Waals surface area contributed by atoms with Crippen molar-refractivity contribution in [2.45, 2.75) is 13.5 Å². The minimum atomic E-state index is 0.633. The summed E-state index contributed by atoms with van der Waals surface area (Å²) in [5, 5.41) is 5.04. The van der Waals surface area contributed by atoms with Crippen molar-refractivity contribution in [1.29, 1.82) is 0 Å². The first-order valence-corrected chi connectivity index (χ1v) is 8.33. The van der Waals surface area contributed by atoms with E-state index < -0.39 is 0 Å². The number of nitrogens with zero attached hydrogens (tertiary/aromatic N) is 3. The van der Waals surface area contributed by atoms with Crippen LogP contribution in [0.25, 0.3) is 22.4 Å². The Balaban J connectivity index is 1.76. The van der Waals surface area contributed by atoms with E-state index in [1.807, 2.05) is 49.4 Å². The van der Waals surface area contributed by atoms with Crippen molar-refractivity contribution < 1.29 is 0 Å². The van der Waals surface area contributed by atoms with Crippen molar-refractivity contribution in [3.05, 3.63) is 71.1 Å². The maximum absolute atomic E-state index is 6.11.